The third-order valence-corrected chi connectivity index (χ3v) is 2.33. The Labute approximate surface area is 96.8 Å². The second kappa shape index (κ2) is 4.06. The molecule has 6 heteroatoms. The van der Waals surface area contributed by atoms with Crippen LogP contribution >= 0.6 is 0 Å². The molecule has 2 heterocycles. The molecule has 0 unspecified atom stereocenters. The van der Waals surface area contributed by atoms with Crippen LogP contribution in [0.5, 0.6) is 0 Å². The van der Waals surface area contributed by atoms with Crippen molar-refractivity contribution in [1.29, 1.82) is 5.26 Å². The highest BCUT2D eigenvalue weighted by Crippen LogP contribution is 2.21. The van der Waals surface area contributed by atoms with E-state index in [0.717, 1.165) is 0 Å². The molecule has 0 atom stereocenters. The fraction of sp³-hybridized carbons (Fsp3) is 0.0909. The SMILES string of the molecule is Cn1c(C(=O)O)nc(-c2cccnc2)c1C#N. The van der Waals surface area contributed by atoms with E-state index in [9.17, 15) is 4.79 Å². The third kappa shape index (κ3) is 1.74. The van der Waals surface area contributed by atoms with Crippen molar-refractivity contribution in [3.63, 3.8) is 0 Å². The van der Waals surface area contributed by atoms with E-state index in [-0.39, 0.29) is 11.5 Å². The summed E-state index contributed by atoms with van der Waals surface area (Å²) in [5, 5.41) is 18.0. The maximum Gasteiger partial charge on any atom is 0.372 e. The number of carboxylic acid groups (broad SMARTS) is 1. The number of imidazole rings is 1. The molecule has 2 aromatic rings. The van der Waals surface area contributed by atoms with Gasteiger partial charge in [-0.1, -0.05) is 0 Å². The monoisotopic (exact) mass is 228 g/mol. The predicted molar refractivity (Wildman–Crippen MR) is 58.1 cm³/mol. The van der Waals surface area contributed by atoms with Crippen molar-refractivity contribution in [1.82, 2.24) is 14.5 Å². The Kier molecular flexibility index (Phi) is 2.58. The Bertz CT molecular complexity index is 610. The van der Waals surface area contributed by atoms with Crippen molar-refractivity contribution >= 4 is 5.97 Å². The predicted octanol–water partition coefficient (Wildman–Crippen LogP) is 1.05. The van der Waals surface area contributed by atoms with Crippen LogP contribution in [0.2, 0.25) is 0 Å². The van der Waals surface area contributed by atoms with Gasteiger partial charge in [-0.25, -0.2) is 9.78 Å². The minimum atomic E-state index is -1.17. The van der Waals surface area contributed by atoms with Crippen molar-refractivity contribution in [2.24, 2.45) is 7.05 Å². The van der Waals surface area contributed by atoms with Crippen molar-refractivity contribution in [3.8, 4) is 17.3 Å². The molecule has 0 aromatic carbocycles. The second-order valence-electron chi connectivity index (χ2n) is 3.35. The van der Waals surface area contributed by atoms with Crippen LogP contribution in [0.3, 0.4) is 0 Å². The van der Waals surface area contributed by atoms with Crippen LogP contribution in [0, 0.1) is 11.3 Å². The molecule has 0 saturated heterocycles. The van der Waals surface area contributed by atoms with Gasteiger partial charge in [-0.05, 0) is 12.1 Å². The fourth-order valence-corrected chi connectivity index (χ4v) is 1.52. The van der Waals surface area contributed by atoms with E-state index < -0.39 is 5.97 Å². The zero-order valence-corrected chi connectivity index (χ0v) is 8.95. The van der Waals surface area contributed by atoms with Gasteiger partial charge in [0, 0.05) is 25.0 Å². The number of aromatic carboxylic acids is 1. The third-order valence-electron chi connectivity index (χ3n) is 2.33. The molecule has 0 amide bonds. The highest BCUT2D eigenvalue weighted by molar-refractivity contribution is 5.85. The van der Waals surface area contributed by atoms with Crippen molar-refractivity contribution < 1.29 is 9.90 Å². The van der Waals surface area contributed by atoms with Crippen LogP contribution in [0.1, 0.15) is 16.3 Å². The summed E-state index contributed by atoms with van der Waals surface area (Å²) >= 11 is 0. The summed E-state index contributed by atoms with van der Waals surface area (Å²) in [5.74, 6) is -1.33. The summed E-state index contributed by atoms with van der Waals surface area (Å²) in [5.41, 5.74) is 1.16. The van der Waals surface area contributed by atoms with E-state index in [1.54, 1.807) is 18.3 Å². The van der Waals surface area contributed by atoms with E-state index in [0.29, 0.717) is 11.3 Å². The molecule has 6 nitrogen and oxygen atoms in total. The molecular weight excluding hydrogens is 220 g/mol. The minimum absolute atomic E-state index is 0.166. The van der Waals surface area contributed by atoms with Gasteiger partial charge in [-0.2, -0.15) is 5.26 Å². The lowest BCUT2D eigenvalue weighted by Crippen LogP contribution is -2.06. The standard InChI is InChI=1S/C11H8N4O2/c1-15-8(5-12)9(14-10(15)11(16)17)7-3-2-4-13-6-7/h2-4,6H,1H3,(H,16,17). The summed E-state index contributed by atoms with van der Waals surface area (Å²) in [6.45, 7) is 0. The summed E-state index contributed by atoms with van der Waals surface area (Å²) in [7, 11) is 1.49. The van der Waals surface area contributed by atoms with E-state index in [1.165, 1.54) is 17.8 Å². The average Bonchev–Trinajstić information content (AvgIpc) is 2.67. The first-order chi connectivity index (χ1) is 8.15. The normalized spacial score (nSPS) is 9.88. The Hall–Kier alpha value is -2.68. The van der Waals surface area contributed by atoms with Gasteiger partial charge in [0.05, 0.1) is 0 Å². The topological polar surface area (TPSA) is 91.8 Å². The smallest absolute Gasteiger partial charge is 0.372 e. The van der Waals surface area contributed by atoms with Gasteiger partial charge >= 0.3 is 5.97 Å². The quantitative estimate of drug-likeness (QED) is 0.829. The molecule has 0 aliphatic heterocycles. The van der Waals surface area contributed by atoms with Gasteiger partial charge < -0.3 is 9.67 Å². The fourth-order valence-electron chi connectivity index (χ4n) is 1.52. The van der Waals surface area contributed by atoms with Gasteiger partial charge in [0.1, 0.15) is 17.5 Å². The number of nitrogens with zero attached hydrogens (tertiary/aromatic N) is 4. The number of nitriles is 1. The Balaban J connectivity index is 2.68. The van der Waals surface area contributed by atoms with Crippen LogP contribution in [-0.2, 0) is 7.05 Å². The summed E-state index contributed by atoms with van der Waals surface area (Å²) < 4.78 is 1.25. The number of hydrogen-bond acceptors (Lipinski definition) is 4. The molecule has 2 rings (SSSR count). The lowest BCUT2D eigenvalue weighted by atomic mass is 10.2. The van der Waals surface area contributed by atoms with Gasteiger partial charge in [0.15, 0.2) is 0 Å². The summed E-state index contributed by atoms with van der Waals surface area (Å²) in [6, 6.07) is 5.37. The van der Waals surface area contributed by atoms with E-state index >= 15 is 0 Å². The Morgan fingerprint density at radius 3 is 2.88 bits per heavy atom. The van der Waals surface area contributed by atoms with E-state index in [1.807, 2.05) is 6.07 Å². The number of hydrogen-bond donors (Lipinski definition) is 1. The van der Waals surface area contributed by atoms with Gasteiger partial charge in [0.2, 0.25) is 5.82 Å². The first-order valence-corrected chi connectivity index (χ1v) is 4.75. The second-order valence-corrected chi connectivity index (χ2v) is 3.35. The number of carboxylic acids is 1. The first kappa shape index (κ1) is 10.8. The lowest BCUT2D eigenvalue weighted by molar-refractivity contribution is 0.0679. The zero-order valence-electron chi connectivity index (χ0n) is 8.95. The molecule has 0 radical (unpaired) electrons. The number of carbonyl (C=O) groups is 1. The van der Waals surface area contributed by atoms with Crippen molar-refractivity contribution in [2.45, 2.75) is 0 Å². The molecule has 0 bridgehead atoms. The molecule has 0 fully saturated rings. The largest absolute Gasteiger partial charge is 0.475 e. The molecule has 0 aliphatic carbocycles. The van der Waals surface area contributed by atoms with Gasteiger partial charge in [-0.15, -0.1) is 0 Å². The molecule has 2 aromatic heterocycles. The highest BCUT2D eigenvalue weighted by Gasteiger charge is 2.20. The van der Waals surface area contributed by atoms with Gasteiger partial charge in [0.25, 0.3) is 0 Å². The van der Waals surface area contributed by atoms with E-state index in [2.05, 4.69) is 9.97 Å². The van der Waals surface area contributed by atoms with Crippen LogP contribution in [-0.4, -0.2) is 25.6 Å². The van der Waals surface area contributed by atoms with Gasteiger partial charge in [-0.3, -0.25) is 4.98 Å². The molecule has 0 spiro atoms. The number of rotatable bonds is 2. The maximum atomic E-state index is 10.9. The highest BCUT2D eigenvalue weighted by atomic mass is 16.4. The molecule has 84 valence electrons. The van der Waals surface area contributed by atoms with Crippen LogP contribution in [0.25, 0.3) is 11.3 Å². The Morgan fingerprint density at radius 2 is 2.35 bits per heavy atom. The van der Waals surface area contributed by atoms with Crippen LogP contribution in [0.4, 0.5) is 0 Å². The van der Waals surface area contributed by atoms with Crippen LogP contribution in [0.15, 0.2) is 24.5 Å². The lowest BCUT2D eigenvalue weighted by Gasteiger charge is -1.97. The molecule has 0 aliphatic rings. The zero-order chi connectivity index (χ0) is 12.4. The summed E-state index contributed by atoms with van der Waals surface area (Å²) in [6.07, 6.45) is 3.13. The molecule has 17 heavy (non-hydrogen) atoms. The summed E-state index contributed by atoms with van der Waals surface area (Å²) in [4.78, 5) is 18.8. The first-order valence-electron chi connectivity index (χ1n) is 4.75. The van der Waals surface area contributed by atoms with E-state index in [4.69, 9.17) is 10.4 Å². The van der Waals surface area contributed by atoms with Crippen LogP contribution < -0.4 is 0 Å². The molecular formula is C11H8N4O2. The minimum Gasteiger partial charge on any atom is -0.475 e. The maximum absolute atomic E-state index is 10.9. The molecule has 1 N–H and O–H groups in total. The number of aromatic nitrogens is 3. The van der Waals surface area contributed by atoms with Crippen molar-refractivity contribution in [3.05, 3.63) is 36.0 Å². The number of pyridine rings is 1. The Morgan fingerprint density at radius 1 is 1.59 bits per heavy atom. The van der Waals surface area contributed by atoms with Crippen molar-refractivity contribution in [2.75, 3.05) is 0 Å². The average molecular weight is 228 g/mol. The molecule has 0 saturated carbocycles.